The molecule has 5 rings (SSSR count). The van der Waals surface area contributed by atoms with Crippen LogP contribution in [0.1, 0.15) is 48.3 Å². The van der Waals surface area contributed by atoms with Crippen LogP contribution in [0.5, 0.6) is 11.5 Å². The molecule has 1 unspecified atom stereocenters. The van der Waals surface area contributed by atoms with E-state index in [-0.39, 0.29) is 6.04 Å². The molecule has 1 atom stereocenters. The zero-order valence-electron chi connectivity index (χ0n) is 20.0. The number of hydrogen-bond donors (Lipinski definition) is 0. The van der Waals surface area contributed by atoms with E-state index < -0.39 is 0 Å². The summed E-state index contributed by atoms with van der Waals surface area (Å²) in [6.07, 6.45) is 4.47. The van der Waals surface area contributed by atoms with Crippen molar-refractivity contribution in [2.45, 2.75) is 38.9 Å². The Bertz CT molecular complexity index is 1260. The number of methoxy groups -OCH3 is 2. The van der Waals surface area contributed by atoms with Crippen LogP contribution in [0.15, 0.2) is 60.9 Å². The molecule has 2 aromatic carbocycles. The number of ether oxygens (including phenoxy) is 2. The number of hydrogen-bond acceptors (Lipinski definition) is 6. The van der Waals surface area contributed by atoms with Gasteiger partial charge in [-0.25, -0.2) is 4.68 Å². The molecule has 0 N–H and O–H groups in total. The molecular weight excluding hydrogens is 428 g/mol. The van der Waals surface area contributed by atoms with Crippen molar-refractivity contribution in [3.8, 4) is 17.2 Å². The standard InChI is InChI=1S/C26H30N6O2/c1-18(2)22-16-31(20-8-6-5-7-9-20)17-23(22)25-26-27-28-29-32(26)13-12-30(25)15-19-14-21(33-3)10-11-24(19)34-4/h5-11,14,16-18,25H,12-13,15H2,1-4H3. The summed E-state index contributed by atoms with van der Waals surface area (Å²) in [6.45, 7) is 6.70. The average molecular weight is 459 g/mol. The van der Waals surface area contributed by atoms with Gasteiger partial charge in [0.25, 0.3) is 0 Å². The molecule has 0 amide bonds. The molecule has 0 bridgehead atoms. The monoisotopic (exact) mass is 458 g/mol. The molecular formula is C26H30N6O2. The van der Waals surface area contributed by atoms with Crippen molar-refractivity contribution in [2.75, 3.05) is 20.8 Å². The molecule has 0 saturated carbocycles. The summed E-state index contributed by atoms with van der Waals surface area (Å²) in [5.74, 6) is 2.86. The van der Waals surface area contributed by atoms with Crippen LogP contribution in [0.2, 0.25) is 0 Å². The quantitative estimate of drug-likeness (QED) is 0.413. The van der Waals surface area contributed by atoms with Crippen molar-refractivity contribution in [1.29, 1.82) is 0 Å². The maximum absolute atomic E-state index is 5.67. The van der Waals surface area contributed by atoms with Gasteiger partial charge in [-0.1, -0.05) is 32.0 Å². The Kier molecular flexibility index (Phi) is 6.06. The lowest BCUT2D eigenvalue weighted by molar-refractivity contribution is 0.161. The fourth-order valence-electron chi connectivity index (χ4n) is 4.76. The number of benzene rings is 2. The van der Waals surface area contributed by atoms with Crippen LogP contribution in [-0.2, 0) is 13.1 Å². The first kappa shape index (κ1) is 22.2. The van der Waals surface area contributed by atoms with Crippen LogP contribution in [-0.4, -0.2) is 50.4 Å². The molecule has 8 nitrogen and oxygen atoms in total. The molecule has 34 heavy (non-hydrogen) atoms. The molecule has 8 heteroatoms. The van der Waals surface area contributed by atoms with Crippen LogP contribution < -0.4 is 9.47 Å². The molecule has 2 aromatic heterocycles. The summed E-state index contributed by atoms with van der Waals surface area (Å²) in [7, 11) is 3.39. The van der Waals surface area contributed by atoms with Crippen molar-refractivity contribution in [1.82, 2.24) is 29.7 Å². The van der Waals surface area contributed by atoms with Crippen LogP contribution in [0.4, 0.5) is 0 Å². The van der Waals surface area contributed by atoms with Gasteiger partial charge in [0.05, 0.1) is 26.8 Å². The summed E-state index contributed by atoms with van der Waals surface area (Å²) < 4.78 is 15.3. The first-order valence-corrected chi connectivity index (χ1v) is 11.6. The van der Waals surface area contributed by atoms with Gasteiger partial charge < -0.3 is 14.0 Å². The van der Waals surface area contributed by atoms with Crippen LogP contribution in [0.25, 0.3) is 5.69 Å². The number of para-hydroxylation sites is 1. The van der Waals surface area contributed by atoms with Gasteiger partial charge in [-0.05, 0) is 57.8 Å². The van der Waals surface area contributed by atoms with E-state index in [2.05, 4.69) is 75.5 Å². The predicted octanol–water partition coefficient (Wildman–Crippen LogP) is 4.21. The van der Waals surface area contributed by atoms with Gasteiger partial charge in [0, 0.05) is 36.7 Å². The lowest BCUT2D eigenvalue weighted by Gasteiger charge is -2.35. The van der Waals surface area contributed by atoms with Gasteiger partial charge in [-0.3, -0.25) is 4.90 Å². The third-order valence-electron chi connectivity index (χ3n) is 6.49. The Hall–Kier alpha value is -3.65. The first-order chi connectivity index (χ1) is 16.6. The van der Waals surface area contributed by atoms with E-state index in [1.54, 1.807) is 14.2 Å². The second-order valence-electron chi connectivity index (χ2n) is 8.88. The maximum atomic E-state index is 5.67. The van der Waals surface area contributed by atoms with E-state index in [4.69, 9.17) is 9.47 Å². The molecule has 1 aliphatic rings. The second kappa shape index (κ2) is 9.30. The molecule has 1 aliphatic heterocycles. The van der Waals surface area contributed by atoms with Crippen molar-refractivity contribution < 1.29 is 9.47 Å². The van der Waals surface area contributed by atoms with Crippen molar-refractivity contribution in [3.05, 3.63) is 83.4 Å². The highest BCUT2D eigenvalue weighted by Crippen LogP contribution is 2.38. The lowest BCUT2D eigenvalue weighted by Crippen LogP contribution is -2.39. The predicted molar refractivity (Wildman–Crippen MR) is 129 cm³/mol. The summed E-state index contributed by atoms with van der Waals surface area (Å²) in [6, 6.07) is 16.3. The normalized spacial score (nSPS) is 16.0. The highest BCUT2D eigenvalue weighted by Gasteiger charge is 2.35. The molecule has 3 heterocycles. The minimum atomic E-state index is -0.0815. The number of nitrogens with zero attached hydrogens (tertiary/aromatic N) is 6. The highest BCUT2D eigenvalue weighted by molar-refractivity contribution is 5.43. The number of tetrazole rings is 1. The van der Waals surface area contributed by atoms with E-state index in [1.165, 1.54) is 11.1 Å². The van der Waals surface area contributed by atoms with Gasteiger partial charge in [-0.2, -0.15) is 0 Å². The third kappa shape index (κ3) is 4.05. The molecule has 0 aliphatic carbocycles. The van der Waals surface area contributed by atoms with E-state index in [1.807, 2.05) is 28.9 Å². The topological polar surface area (TPSA) is 70.2 Å². The third-order valence-corrected chi connectivity index (χ3v) is 6.49. The fourth-order valence-corrected chi connectivity index (χ4v) is 4.76. The first-order valence-electron chi connectivity index (χ1n) is 11.6. The maximum Gasteiger partial charge on any atom is 0.173 e. The Morgan fingerprint density at radius 3 is 2.56 bits per heavy atom. The van der Waals surface area contributed by atoms with Gasteiger partial charge in [0.1, 0.15) is 11.5 Å². The molecule has 0 saturated heterocycles. The highest BCUT2D eigenvalue weighted by atomic mass is 16.5. The van der Waals surface area contributed by atoms with Gasteiger partial charge >= 0.3 is 0 Å². The molecule has 176 valence electrons. The van der Waals surface area contributed by atoms with E-state index in [0.717, 1.165) is 41.7 Å². The van der Waals surface area contributed by atoms with Gasteiger partial charge in [0.15, 0.2) is 5.82 Å². The van der Waals surface area contributed by atoms with Crippen molar-refractivity contribution >= 4 is 0 Å². The smallest absolute Gasteiger partial charge is 0.173 e. The largest absolute Gasteiger partial charge is 0.497 e. The minimum absolute atomic E-state index is 0.0815. The van der Waals surface area contributed by atoms with Crippen LogP contribution >= 0.6 is 0 Å². The molecule has 0 fully saturated rings. The van der Waals surface area contributed by atoms with Gasteiger partial charge in [-0.15, -0.1) is 5.10 Å². The number of rotatable bonds is 7. The minimum Gasteiger partial charge on any atom is -0.497 e. The van der Waals surface area contributed by atoms with Crippen LogP contribution in [0.3, 0.4) is 0 Å². The zero-order valence-corrected chi connectivity index (χ0v) is 20.0. The SMILES string of the molecule is COc1ccc(OC)c(CN2CCn3nnnc3C2c2cn(-c3ccccc3)cc2C(C)C)c1. The molecule has 4 aromatic rings. The number of aromatic nitrogens is 5. The van der Waals surface area contributed by atoms with Crippen LogP contribution in [0, 0.1) is 0 Å². The molecule has 0 spiro atoms. The summed E-state index contributed by atoms with van der Waals surface area (Å²) in [5.41, 5.74) is 4.71. The Morgan fingerprint density at radius 2 is 1.82 bits per heavy atom. The Labute approximate surface area is 199 Å². The number of fused-ring (bicyclic) bond motifs is 1. The second-order valence-corrected chi connectivity index (χ2v) is 8.88. The van der Waals surface area contributed by atoms with E-state index >= 15 is 0 Å². The summed E-state index contributed by atoms with van der Waals surface area (Å²) in [5, 5.41) is 12.7. The lowest BCUT2D eigenvalue weighted by atomic mass is 9.94. The van der Waals surface area contributed by atoms with E-state index in [0.29, 0.717) is 12.5 Å². The van der Waals surface area contributed by atoms with E-state index in [9.17, 15) is 0 Å². The summed E-state index contributed by atoms with van der Waals surface area (Å²) in [4.78, 5) is 2.43. The summed E-state index contributed by atoms with van der Waals surface area (Å²) >= 11 is 0. The van der Waals surface area contributed by atoms with Crippen molar-refractivity contribution in [2.24, 2.45) is 0 Å². The fraction of sp³-hybridized carbons (Fsp3) is 0.346. The average Bonchev–Trinajstić information content (AvgIpc) is 3.52. The molecule has 0 radical (unpaired) electrons. The Balaban J connectivity index is 1.60. The Morgan fingerprint density at radius 1 is 1.00 bits per heavy atom. The van der Waals surface area contributed by atoms with Gasteiger partial charge in [0.2, 0.25) is 0 Å². The van der Waals surface area contributed by atoms with Crippen molar-refractivity contribution in [3.63, 3.8) is 0 Å². The zero-order chi connectivity index (χ0) is 23.7.